The molecule has 25 heavy (non-hydrogen) atoms. The maximum Gasteiger partial charge on any atom is 0.243 e. The second-order valence-corrected chi connectivity index (χ2v) is 7.68. The highest BCUT2D eigenvalue weighted by Gasteiger charge is 2.24. The molecule has 0 aliphatic heterocycles. The fourth-order valence-electron chi connectivity index (χ4n) is 2.21. The molecular formula is C17H19N3O4S. The van der Waals surface area contributed by atoms with E-state index in [2.05, 4.69) is 5.32 Å². The summed E-state index contributed by atoms with van der Waals surface area (Å²) in [5.41, 5.74) is 0.363. The minimum Gasteiger partial charge on any atom is -0.464 e. The average molecular weight is 361 g/mol. The lowest BCUT2D eigenvalue weighted by Gasteiger charge is -2.18. The number of hydrogen-bond acceptors (Lipinski definition) is 5. The van der Waals surface area contributed by atoms with Crippen molar-refractivity contribution >= 4 is 15.9 Å². The molecular weight excluding hydrogens is 342 g/mol. The molecule has 0 saturated heterocycles. The summed E-state index contributed by atoms with van der Waals surface area (Å²) >= 11 is 0. The van der Waals surface area contributed by atoms with E-state index >= 15 is 0 Å². The van der Waals surface area contributed by atoms with Gasteiger partial charge < -0.3 is 9.73 Å². The Labute approximate surface area is 146 Å². The first kappa shape index (κ1) is 18.7. The zero-order chi connectivity index (χ0) is 18.6. The number of nitrogens with one attached hydrogen (secondary N) is 1. The molecule has 1 N–H and O–H groups in total. The highest BCUT2D eigenvalue weighted by atomic mass is 32.2. The van der Waals surface area contributed by atoms with Crippen LogP contribution in [0.4, 0.5) is 0 Å². The van der Waals surface area contributed by atoms with Crippen molar-refractivity contribution in [3.05, 3.63) is 53.5 Å². The third kappa shape index (κ3) is 4.47. The molecule has 0 spiro atoms. The van der Waals surface area contributed by atoms with E-state index in [0.29, 0.717) is 11.3 Å². The number of benzene rings is 1. The molecule has 1 aromatic heterocycles. The lowest BCUT2D eigenvalue weighted by Crippen LogP contribution is -2.39. The van der Waals surface area contributed by atoms with Crippen LogP contribution in [0.3, 0.4) is 0 Å². The number of likely N-dealkylation sites (N-methyl/N-ethyl adjacent to an activating group) is 1. The number of aryl methyl sites for hydroxylation is 1. The SMILES string of the molecule is Cc1ccc(C(C)NC(=O)CN(C)S(=O)(=O)c2ccc(C#N)cc2)o1. The van der Waals surface area contributed by atoms with Gasteiger partial charge in [0.1, 0.15) is 11.5 Å². The summed E-state index contributed by atoms with van der Waals surface area (Å²) in [4.78, 5) is 12.1. The van der Waals surface area contributed by atoms with Crippen LogP contribution in [0.1, 0.15) is 30.0 Å². The molecule has 1 amide bonds. The maximum absolute atomic E-state index is 12.5. The third-order valence-electron chi connectivity index (χ3n) is 3.62. The highest BCUT2D eigenvalue weighted by molar-refractivity contribution is 7.89. The summed E-state index contributed by atoms with van der Waals surface area (Å²) in [5.74, 6) is 0.890. The van der Waals surface area contributed by atoms with E-state index < -0.39 is 15.9 Å². The van der Waals surface area contributed by atoms with E-state index in [1.165, 1.54) is 31.3 Å². The minimum absolute atomic E-state index is 0.0245. The van der Waals surface area contributed by atoms with Crippen LogP contribution in [0.2, 0.25) is 0 Å². The molecule has 7 nitrogen and oxygen atoms in total. The Kier molecular flexibility index (Phi) is 5.62. The Morgan fingerprint density at radius 3 is 2.44 bits per heavy atom. The van der Waals surface area contributed by atoms with Crippen molar-refractivity contribution in [3.63, 3.8) is 0 Å². The van der Waals surface area contributed by atoms with Crippen LogP contribution >= 0.6 is 0 Å². The van der Waals surface area contributed by atoms with Crippen LogP contribution in [0, 0.1) is 18.3 Å². The van der Waals surface area contributed by atoms with Crippen molar-refractivity contribution in [2.24, 2.45) is 0 Å². The van der Waals surface area contributed by atoms with Crippen molar-refractivity contribution in [2.75, 3.05) is 13.6 Å². The molecule has 2 rings (SSSR count). The fraction of sp³-hybridized carbons (Fsp3) is 0.294. The number of carbonyl (C=O) groups excluding carboxylic acids is 1. The van der Waals surface area contributed by atoms with E-state index in [1.54, 1.807) is 26.0 Å². The number of amides is 1. The second-order valence-electron chi connectivity index (χ2n) is 5.63. The van der Waals surface area contributed by atoms with E-state index in [9.17, 15) is 13.2 Å². The molecule has 0 saturated carbocycles. The molecule has 0 aliphatic carbocycles. The van der Waals surface area contributed by atoms with Crippen LogP contribution < -0.4 is 5.32 Å². The van der Waals surface area contributed by atoms with Crippen LogP contribution in [0.25, 0.3) is 0 Å². The largest absolute Gasteiger partial charge is 0.464 e. The molecule has 132 valence electrons. The summed E-state index contributed by atoms with van der Waals surface area (Å²) in [7, 11) is -2.49. The smallest absolute Gasteiger partial charge is 0.243 e. The zero-order valence-corrected chi connectivity index (χ0v) is 15.0. The van der Waals surface area contributed by atoms with Gasteiger partial charge in [0.2, 0.25) is 15.9 Å². The molecule has 2 aromatic rings. The Hall–Kier alpha value is -2.63. The lowest BCUT2D eigenvalue weighted by atomic mass is 10.2. The number of sulfonamides is 1. The minimum atomic E-state index is -3.82. The van der Waals surface area contributed by atoms with Crippen molar-refractivity contribution in [1.82, 2.24) is 9.62 Å². The number of furan rings is 1. The summed E-state index contributed by atoms with van der Waals surface area (Å²) < 4.78 is 31.3. The summed E-state index contributed by atoms with van der Waals surface area (Å²) in [6.07, 6.45) is 0. The first-order chi connectivity index (χ1) is 11.7. The van der Waals surface area contributed by atoms with Crippen LogP contribution in [-0.2, 0) is 14.8 Å². The Balaban J connectivity index is 2.03. The van der Waals surface area contributed by atoms with Gasteiger partial charge in [-0.2, -0.15) is 9.57 Å². The number of rotatable bonds is 6. The molecule has 1 atom stereocenters. The first-order valence-electron chi connectivity index (χ1n) is 7.56. The van der Waals surface area contributed by atoms with Crippen molar-refractivity contribution < 1.29 is 17.6 Å². The molecule has 1 unspecified atom stereocenters. The van der Waals surface area contributed by atoms with Gasteiger partial charge in [0.15, 0.2) is 0 Å². The molecule has 1 aromatic carbocycles. The Morgan fingerprint density at radius 2 is 1.92 bits per heavy atom. The van der Waals surface area contributed by atoms with Gasteiger partial charge in [-0.15, -0.1) is 0 Å². The van der Waals surface area contributed by atoms with Gasteiger partial charge in [-0.3, -0.25) is 4.79 Å². The molecule has 1 heterocycles. The maximum atomic E-state index is 12.5. The van der Waals surface area contributed by atoms with E-state index in [-0.39, 0.29) is 17.5 Å². The summed E-state index contributed by atoms with van der Waals surface area (Å²) in [6, 6.07) is 10.6. The van der Waals surface area contributed by atoms with E-state index in [4.69, 9.17) is 9.68 Å². The average Bonchev–Trinajstić information content (AvgIpc) is 3.01. The standard InChI is InChI=1S/C17H19N3O4S/c1-12-4-9-16(24-12)13(2)19-17(21)11-20(3)25(22,23)15-7-5-14(10-18)6-8-15/h4-9,13H,11H2,1-3H3,(H,19,21). The molecule has 0 fully saturated rings. The zero-order valence-electron chi connectivity index (χ0n) is 14.2. The molecule has 0 radical (unpaired) electrons. The normalized spacial score (nSPS) is 12.6. The van der Waals surface area contributed by atoms with Crippen molar-refractivity contribution in [1.29, 1.82) is 5.26 Å². The monoisotopic (exact) mass is 361 g/mol. The Bertz CT molecular complexity index is 895. The molecule has 0 bridgehead atoms. The van der Waals surface area contributed by atoms with Crippen LogP contribution in [0.5, 0.6) is 0 Å². The molecule has 8 heteroatoms. The summed E-state index contributed by atoms with van der Waals surface area (Å²) in [6.45, 7) is 3.23. The topological polar surface area (TPSA) is 103 Å². The van der Waals surface area contributed by atoms with Crippen LogP contribution in [0.15, 0.2) is 45.7 Å². The molecule has 0 aliphatic rings. The van der Waals surface area contributed by atoms with E-state index in [0.717, 1.165) is 10.1 Å². The second kappa shape index (κ2) is 7.51. The van der Waals surface area contributed by atoms with Gasteiger partial charge in [-0.1, -0.05) is 0 Å². The number of nitrogens with zero attached hydrogens (tertiary/aromatic N) is 2. The van der Waals surface area contributed by atoms with Gasteiger partial charge >= 0.3 is 0 Å². The quantitative estimate of drug-likeness (QED) is 0.847. The van der Waals surface area contributed by atoms with Gasteiger partial charge in [0.25, 0.3) is 0 Å². The van der Waals surface area contributed by atoms with Gasteiger partial charge in [0, 0.05) is 7.05 Å². The predicted molar refractivity (Wildman–Crippen MR) is 91.0 cm³/mol. The Morgan fingerprint density at radius 1 is 1.28 bits per heavy atom. The number of hydrogen-bond donors (Lipinski definition) is 1. The van der Waals surface area contributed by atoms with Gasteiger partial charge in [-0.05, 0) is 50.2 Å². The number of nitriles is 1. The number of carbonyl (C=O) groups is 1. The predicted octanol–water partition coefficient (Wildman–Crippen LogP) is 1.96. The lowest BCUT2D eigenvalue weighted by molar-refractivity contribution is -0.121. The third-order valence-corrected chi connectivity index (χ3v) is 5.44. The fourth-order valence-corrected chi connectivity index (χ4v) is 3.34. The van der Waals surface area contributed by atoms with Gasteiger partial charge in [0.05, 0.1) is 29.1 Å². The van der Waals surface area contributed by atoms with E-state index in [1.807, 2.05) is 6.07 Å². The highest BCUT2D eigenvalue weighted by Crippen LogP contribution is 2.17. The summed E-state index contributed by atoms with van der Waals surface area (Å²) in [5, 5.41) is 11.5. The first-order valence-corrected chi connectivity index (χ1v) is 9.00. The van der Waals surface area contributed by atoms with Crippen LogP contribution in [-0.4, -0.2) is 32.2 Å². The van der Waals surface area contributed by atoms with Crippen molar-refractivity contribution in [2.45, 2.75) is 24.8 Å². The van der Waals surface area contributed by atoms with Crippen molar-refractivity contribution in [3.8, 4) is 6.07 Å². The van der Waals surface area contributed by atoms with Gasteiger partial charge in [-0.25, -0.2) is 8.42 Å².